The third kappa shape index (κ3) is 3.18. The van der Waals surface area contributed by atoms with Gasteiger partial charge < -0.3 is 20.3 Å². The molecule has 32 heavy (non-hydrogen) atoms. The number of hydrogen-bond acceptors (Lipinski definition) is 6. The summed E-state index contributed by atoms with van der Waals surface area (Å²) in [5.74, 6) is -0.894. The SMILES string of the molecule is Nc1c(C(c2cccc(Br)c2)c2c(N)c3ccccc3oc2=O)c(=O)oc2ccccc12. The molecule has 5 rings (SSSR count). The minimum absolute atomic E-state index is 0.135. The van der Waals surface area contributed by atoms with E-state index in [-0.39, 0.29) is 22.5 Å². The van der Waals surface area contributed by atoms with Crippen molar-refractivity contribution in [2.45, 2.75) is 5.92 Å². The standard InChI is InChI=1S/C25H17BrN2O4/c26-14-7-5-6-13(12-14)19(20-22(27)15-8-1-3-10-17(15)31-24(20)29)21-23(28)16-9-2-4-11-18(16)32-25(21)30/h1-12,19H,27-28H2. The van der Waals surface area contributed by atoms with Gasteiger partial charge in [-0.1, -0.05) is 52.3 Å². The summed E-state index contributed by atoms with van der Waals surface area (Å²) in [7, 11) is 0. The van der Waals surface area contributed by atoms with Crippen molar-refractivity contribution in [3.63, 3.8) is 0 Å². The van der Waals surface area contributed by atoms with Gasteiger partial charge in [0.25, 0.3) is 0 Å². The van der Waals surface area contributed by atoms with Crippen LogP contribution in [-0.2, 0) is 0 Å². The first-order valence-corrected chi connectivity index (χ1v) is 10.6. The summed E-state index contributed by atoms with van der Waals surface area (Å²) in [5, 5.41) is 1.15. The van der Waals surface area contributed by atoms with Crippen LogP contribution in [0.4, 0.5) is 11.4 Å². The summed E-state index contributed by atoms with van der Waals surface area (Å²) in [6.45, 7) is 0. The highest BCUT2D eigenvalue weighted by molar-refractivity contribution is 9.10. The zero-order valence-corrected chi connectivity index (χ0v) is 18.3. The Morgan fingerprint density at radius 2 is 1.19 bits per heavy atom. The highest BCUT2D eigenvalue weighted by Crippen LogP contribution is 2.39. The number of nitrogens with two attached hydrogens (primary N) is 2. The van der Waals surface area contributed by atoms with E-state index in [0.29, 0.717) is 27.5 Å². The first kappa shape index (κ1) is 20.1. The van der Waals surface area contributed by atoms with E-state index in [0.717, 1.165) is 4.47 Å². The van der Waals surface area contributed by atoms with Crippen LogP contribution in [0.15, 0.2) is 95.7 Å². The van der Waals surface area contributed by atoms with Crippen LogP contribution in [0.1, 0.15) is 22.6 Å². The quantitative estimate of drug-likeness (QED) is 0.345. The maximum absolute atomic E-state index is 13.2. The predicted molar refractivity (Wildman–Crippen MR) is 129 cm³/mol. The van der Waals surface area contributed by atoms with Crippen molar-refractivity contribution in [3.8, 4) is 0 Å². The molecule has 7 heteroatoms. The molecule has 5 aromatic rings. The molecule has 4 N–H and O–H groups in total. The molecule has 0 amide bonds. The van der Waals surface area contributed by atoms with Crippen molar-refractivity contribution >= 4 is 49.2 Å². The lowest BCUT2D eigenvalue weighted by molar-refractivity contribution is 0.537. The van der Waals surface area contributed by atoms with Gasteiger partial charge in [-0.25, -0.2) is 9.59 Å². The Kier molecular flexibility index (Phi) is 4.83. The summed E-state index contributed by atoms with van der Waals surface area (Å²) < 4.78 is 11.9. The Hall–Kier alpha value is -3.84. The van der Waals surface area contributed by atoms with E-state index in [9.17, 15) is 9.59 Å². The van der Waals surface area contributed by atoms with Crippen molar-refractivity contribution in [2.24, 2.45) is 0 Å². The van der Waals surface area contributed by atoms with E-state index in [1.165, 1.54) is 0 Å². The molecular weight excluding hydrogens is 472 g/mol. The summed E-state index contributed by atoms with van der Waals surface area (Å²) >= 11 is 3.46. The van der Waals surface area contributed by atoms with E-state index in [4.69, 9.17) is 20.3 Å². The molecule has 0 aliphatic rings. The van der Waals surface area contributed by atoms with Crippen LogP contribution in [-0.4, -0.2) is 0 Å². The van der Waals surface area contributed by atoms with Gasteiger partial charge in [0, 0.05) is 15.2 Å². The molecule has 0 radical (unpaired) electrons. The topological polar surface area (TPSA) is 112 Å². The van der Waals surface area contributed by atoms with Gasteiger partial charge in [0.1, 0.15) is 11.2 Å². The van der Waals surface area contributed by atoms with Crippen molar-refractivity contribution < 1.29 is 8.83 Å². The molecule has 6 nitrogen and oxygen atoms in total. The molecule has 2 aromatic heterocycles. The molecule has 0 bridgehead atoms. The summed E-state index contributed by atoms with van der Waals surface area (Å²) in [4.78, 5) is 26.4. The number of nitrogen functional groups attached to an aromatic ring is 2. The summed E-state index contributed by atoms with van der Waals surface area (Å²) in [5.41, 5.74) is 13.8. The fourth-order valence-electron chi connectivity index (χ4n) is 4.09. The first-order chi connectivity index (χ1) is 15.5. The van der Waals surface area contributed by atoms with Crippen molar-refractivity contribution in [1.82, 2.24) is 0 Å². The number of rotatable bonds is 3. The monoisotopic (exact) mass is 488 g/mol. The Morgan fingerprint density at radius 1 is 0.688 bits per heavy atom. The second-order valence-corrected chi connectivity index (χ2v) is 8.33. The van der Waals surface area contributed by atoms with Gasteiger partial charge in [0.2, 0.25) is 0 Å². The highest BCUT2D eigenvalue weighted by Gasteiger charge is 2.31. The van der Waals surface area contributed by atoms with Gasteiger partial charge in [-0.3, -0.25) is 0 Å². The molecule has 0 atom stereocenters. The Balaban J connectivity index is 1.92. The van der Waals surface area contributed by atoms with Crippen LogP contribution >= 0.6 is 15.9 Å². The van der Waals surface area contributed by atoms with E-state index in [2.05, 4.69) is 15.9 Å². The van der Waals surface area contributed by atoms with Crippen LogP contribution in [0.3, 0.4) is 0 Å². The van der Waals surface area contributed by atoms with E-state index < -0.39 is 17.2 Å². The zero-order chi connectivity index (χ0) is 22.4. The maximum atomic E-state index is 13.2. The molecule has 3 aromatic carbocycles. The second-order valence-electron chi connectivity index (χ2n) is 7.41. The van der Waals surface area contributed by atoms with Gasteiger partial charge in [-0.05, 0) is 42.0 Å². The molecular formula is C25H17BrN2O4. The van der Waals surface area contributed by atoms with E-state index in [1.54, 1.807) is 54.6 Å². The van der Waals surface area contributed by atoms with Gasteiger partial charge in [0.15, 0.2) is 0 Å². The van der Waals surface area contributed by atoms with Crippen molar-refractivity contribution in [3.05, 3.63) is 115 Å². The number of benzene rings is 3. The van der Waals surface area contributed by atoms with Gasteiger partial charge in [-0.15, -0.1) is 0 Å². The number of hydrogen-bond donors (Lipinski definition) is 2. The Morgan fingerprint density at radius 3 is 1.69 bits per heavy atom. The molecule has 0 fully saturated rings. The van der Waals surface area contributed by atoms with E-state index in [1.807, 2.05) is 18.2 Å². The normalized spacial score (nSPS) is 11.4. The van der Waals surface area contributed by atoms with Gasteiger partial charge >= 0.3 is 11.3 Å². The maximum Gasteiger partial charge on any atom is 0.342 e. The number of para-hydroxylation sites is 2. The predicted octanol–water partition coefficient (Wildman–Crippen LogP) is 5.01. The van der Waals surface area contributed by atoms with Crippen LogP contribution in [0.2, 0.25) is 0 Å². The molecule has 158 valence electrons. The van der Waals surface area contributed by atoms with Crippen LogP contribution in [0, 0.1) is 0 Å². The fraction of sp³-hybridized carbons (Fsp3) is 0.0400. The Labute approximate surface area is 190 Å². The van der Waals surface area contributed by atoms with Crippen molar-refractivity contribution in [1.29, 1.82) is 0 Å². The largest absolute Gasteiger partial charge is 0.422 e. The van der Waals surface area contributed by atoms with Crippen molar-refractivity contribution in [2.75, 3.05) is 11.5 Å². The minimum Gasteiger partial charge on any atom is -0.422 e. The zero-order valence-electron chi connectivity index (χ0n) is 16.7. The van der Waals surface area contributed by atoms with Gasteiger partial charge in [-0.2, -0.15) is 0 Å². The van der Waals surface area contributed by atoms with Crippen LogP contribution in [0.5, 0.6) is 0 Å². The average molecular weight is 489 g/mol. The minimum atomic E-state index is -0.894. The van der Waals surface area contributed by atoms with Crippen LogP contribution in [0.25, 0.3) is 21.9 Å². The number of fused-ring (bicyclic) bond motifs is 2. The molecule has 2 heterocycles. The Bertz CT molecular complexity index is 1520. The molecule has 0 unspecified atom stereocenters. The smallest absolute Gasteiger partial charge is 0.342 e. The van der Waals surface area contributed by atoms with Crippen LogP contribution < -0.4 is 22.7 Å². The fourth-order valence-corrected chi connectivity index (χ4v) is 4.50. The highest BCUT2D eigenvalue weighted by atomic mass is 79.9. The average Bonchev–Trinajstić information content (AvgIpc) is 2.78. The summed E-state index contributed by atoms with van der Waals surface area (Å²) in [6, 6.07) is 21.3. The third-order valence-electron chi connectivity index (χ3n) is 5.54. The molecule has 0 aliphatic carbocycles. The van der Waals surface area contributed by atoms with Gasteiger partial charge in [0.05, 0.1) is 28.4 Å². The molecule has 0 spiro atoms. The molecule has 0 aliphatic heterocycles. The number of anilines is 2. The van der Waals surface area contributed by atoms with E-state index >= 15 is 0 Å². The second kappa shape index (κ2) is 7.69. The third-order valence-corrected chi connectivity index (χ3v) is 6.03. The molecule has 0 saturated heterocycles. The summed E-state index contributed by atoms with van der Waals surface area (Å²) in [6.07, 6.45) is 0. The number of halogens is 1. The lowest BCUT2D eigenvalue weighted by Gasteiger charge is -2.21. The first-order valence-electron chi connectivity index (χ1n) is 9.83. The molecule has 0 saturated carbocycles. The lowest BCUT2D eigenvalue weighted by Crippen LogP contribution is -2.24. The lowest BCUT2D eigenvalue weighted by atomic mass is 9.84.